The van der Waals surface area contributed by atoms with Crippen molar-refractivity contribution < 1.29 is 9.59 Å². The number of amides is 3. The van der Waals surface area contributed by atoms with Crippen LogP contribution in [0.4, 0.5) is 4.79 Å². The maximum atomic E-state index is 11.5. The highest BCUT2D eigenvalue weighted by atomic mass is 16.2. The third-order valence-electron chi connectivity index (χ3n) is 2.92. The van der Waals surface area contributed by atoms with E-state index >= 15 is 0 Å². The minimum absolute atomic E-state index is 0.0541. The van der Waals surface area contributed by atoms with Gasteiger partial charge in [-0.2, -0.15) is 0 Å². The van der Waals surface area contributed by atoms with Gasteiger partial charge in [0.25, 0.3) is 0 Å². The fraction of sp³-hybridized carbons (Fsp3) is 0.833. The van der Waals surface area contributed by atoms with Crippen LogP contribution < -0.4 is 16.0 Å². The maximum absolute atomic E-state index is 11.5. The third-order valence-corrected chi connectivity index (χ3v) is 2.92. The average molecular weight is 241 g/mol. The Hall–Kier alpha value is -1.26. The molecule has 0 heterocycles. The van der Waals surface area contributed by atoms with E-state index in [0.717, 1.165) is 19.3 Å². The van der Waals surface area contributed by atoms with Crippen molar-refractivity contribution in [2.45, 2.75) is 51.5 Å². The van der Waals surface area contributed by atoms with Crippen LogP contribution >= 0.6 is 0 Å². The van der Waals surface area contributed by atoms with Crippen molar-refractivity contribution in [3.63, 3.8) is 0 Å². The van der Waals surface area contributed by atoms with Gasteiger partial charge in [-0.25, -0.2) is 4.79 Å². The molecule has 0 aliphatic heterocycles. The number of hydrogen-bond donors (Lipinski definition) is 3. The van der Waals surface area contributed by atoms with Gasteiger partial charge in [-0.3, -0.25) is 4.79 Å². The molecule has 3 N–H and O–H groups in total. The molecule has 0 radical (unpaired) electrons. The van der Waals surface area contributed by atoms with Gasteiger partial charge in [0.1, 0.15) is 0 Å². The number of hydrogen-bond acceptors (Lipinski definition) is 2. The van der Waals surface area contributed by atoms with Crippen molar-refractivity contribution >= 4 is 11.9 Å². The van der Waals surface area contributed by atoms with Crippen molar-refractivity contribution in [3.8, 4) is 0 Å². The number of urea groups is 1. The lowest BCUT2D eigenvalue weighted by atomic mass is 9.96. The van der Waals surface area contributed by atoms with E-state index in [4.69, 9.17) is 0 Å². The Labute approximate surface area is 103 Å². The summed E-state index contributed by atoms with van der Waals surface area (Å²) in [6.45, 7) is 2.70. The molecule has 1 rings (SSSR count). The van der Waals surface area contributed by atoms with Crippen LogP contribution in [0.1, 0.15) is 45.4 Å². The minimum atomic E-state index is -0.233. The molecule has 1 aliphatic carbocycles. The van der Waals surface area contributed by atoms with Gasteiger partial charge in [0.2, 0.25) is 5.91 Å². The summed E-state index contributed by atoms with van der Waals surface area (Å²) in [5.41, 5.74) is 0. The highest BCUT2D eigenvalue weighted by Crippen LogP contribution is 2.16. The number of carbonyl (C=O) groups excluding carboxylic acids is 2. The molecule has 17 heavy (non-hydrogen) atoms. The summed E-state index contributed by atoms with van der Waals surface area (Å²) in [4.78, 5) is 22.7. The van der Waals surface area contributed by atoms with Crippen LogP contribution in [0.5, 0.6) is 0 Å². The van der Waals surface area contributed by atoms with E-state index in [1.807, 2.05) is 6.92 Å². The lowest BCUT2D eigenvalue weighted by Gasteiger charge is -2.22. The Morgan fingerprint density at radius 2 is 1.82 bits per heavy atom. The Balaban J connectivity index is 2.09. The summed E-state index contributed by atoms with van der Waals surface area (Å²) < 4.78 is 0. The molecule has 0 saturated heterocycles. The zero-order valence-electron chi connectivity index (χ0n) is 10.6. The second-order valence-electron chi connectivity index (χ2n) is 4.51. The van der Waals surface area contributed by atoms with E-state index in [1.165, 1.54) is 19.3 Å². The van der Waals surface area contributed by atoms with Crippen LogP contribution in [0.3, 0.4) is 0 Å². The Morgan fingerprint density at radius 1 is 1.12 bits per heavy atom. The SMILES string of the molecule is CCCNC(=O)CNC(=O)NC1CCCCC1. The second kappa shape index (κ2) is 7.92. The molecular formula is C12H23N3O2. The van der Waals surface area contributed by atoms with Gasteiger partial charge >= 0.3 is 6.03 Å². The molecule has 0 aromatic carbocycles. The number of carbonyl (C=O) groups is 2. The number of nitrogens with one attached hydrogen (secondary N) is 3. The van der Waals surface area contributed by atoms with Crippen LogP contribution in [0.25, 0.3) is 0 Å². The monoisotopic (exact) mass is 241 g/mol. The minimum Gasteiger partial charge on any atom is -0.355 e. The van der Waals surface area contributed by atoms with Crippen molar-refractivity contribution in [1.82, 2.24) is 16.0 Å². The quantitative estimate of drug-likeness (QED) is 0.675. The molecule has 1 aliphatic rings. The first-order valence-corrected chi connectivity index (χ1v) is 6.53. The highest BCUT2D eigenvalue weighted by Gasteiger charge is 2.15. The third kappa shape index (κ3) is 6.14. The fourth-order valence-electron chi connectivity index (χ4n) is 1.97. The summed E-state index contributed by atoms with van der Waals surface area (Å²) in [5, 5.41) is 8.19. The second-order valence-corrected chi connectivity index (χ2v) is 4.51. The van der Waals surface area contributed by atoms with Gasteiger partial charge in [0.05, 0.1) is 6.54 Å². The predicted molar refractivity (Wildman–Crippen MR) is 66.7 cm³/mol. The molecule has 0 atom stereocenters. The van der Waals surface area contributed by atoms with Crippen LogP contribution in [-0.2, 0) is 4.79 Å². The smallest absolute Gasteiger partial charge is 0.315 e. The van der Waals surface area contributed by atoms with Gasteiger partial charge in [0.15, 0.2) is 0 Å². The lowest BCUT2D eigenvalue weighted by molar-refractivity contribution is -0.120. The molecular weight excluding hydrogens is 218 g/mol. The van der Waals surface area contributed by atoms with Crippen molar-refractivity contribution in [1.29, 1.82) is 0 Å². The van der Waals surface area contributed by atoms with E-state index in [2.05, 4.69) is 16.0 Å². The topological polar surface area (TPSA) is 70.2 Å². The Bertz CT molecular complexity index is 250. The maximum Gasteiger partial charge on any atom is 0.315 e. The normalized spacial score (nSPS) is 16.3. The first-order chi connectivity index (χ1) is 8.22. The molecule has 0 unspecified atom stereocenters. The van der Waals surface area contributed by atoms with Crippen LogP contribution in [-0.4, -0.2) is 31.1 Å². The molecule has 5 nitrogen and oxygen atoms in total. The molecule has 98 valence electrons. The Kier molecular flexibility index (Phi) is 6.43. The van der Waals surface area contributed by atoms with E-state index < -0.39 is 0 Å². The summed E-state index contributed by atoms with van der Waals surface area (Å²) in [7, 11) is 0. The predicted octanol–water partition coefficient (Wildman–Crippen LogP) is 1.14. The van der Waals surface area contributed by atoms with E-state index in [1.54, 1.807) is 0 Å². The van der Waals surface area contributed by atoms with Gasteiger partial charge in [-0.05, 0) is 19.3 Å². The van der Waals surface area contributed by atoms with E-state index in [-0.39, 0.29) is 24.5 Å². The highest BCUT2D eigenvalue weighted by molar-refractivity contribution is 5.83. The van der Waals surface area contributed by atoms with Crippen molar-refractivity contribution in [2.24, 2.45) is 0 Å². The van der Waals surface area contributed by atoms with Crippen molar-refractivity contribution in [2.75, 3.05) is 13.1 Å². The average Bonchev–Trinajstić information content (AvgIpc) is 2.35. The fourth-order valence-corrected chi connectivity index (χ4v) is 1.97. The van der Waals surface area contributed by atoms with E-state index in [9.17, 15) is 9.59 Å². The first-order valence-electron chi connectivity index (χ1n) is 6.53. The summed E-state index contributed by atoms with van der Waals surface area (Å²) in [6, 6.07) is 0.0472. The molecule has 0 spiro atoms. The van der Waals surface area contributed by atoms with Gasteiger partial charge < -0.3 is 16.0 Å². The van der Waals surface area contributed by atoms with Gasteiger partial charge in [-0.1, -0.05) is 26.2 Å². The molecule has 1 fully saturated rings. The van der Waals surface area contributed by atoms with Gasteiger partial charge in [0, 0.05) is 12.6 Å². The molecule has 0 bridgehead atoms. The molecule has 3 amide bonds. The summed E-state index contributed by atoms with van der Waals surface area (Å²) in [6.07, 6.45) is 6.63. The largest absolute Gasteiger partial charge is 0.355 e. The molecule has 5 heteroatoms. The van der Waals surface area contributed by atoms with Gasteiger partial charge in [-0.15, -0.1) is 0 Å². The van der Waals surface area contributed by atoms with Crippen LogP contribution in [0.2, 0.25) is 0 Å². The molecule has 0 aromatic heterocycles. The summed E-state index contributed by atoms with van der Waals surface area (Å²) in [5.74, 6) is -0.134. The van der Waals surface area contributed by atoms with E-state index in [0.29, 0.717) is 6.54 Å². The summed E-state index contributed by atoms with van der Waals surface area (Å²) >= 11 is 0. The molecule has 1 saturated carbocycles. The van der Waals surface area contributed by atoms with Crippen LogP contribution in [0.15, 0.2) is 0 Å². The van der Waals surface area contributed by atoms with Crippen LogP contribution in [0, 0.1) is 0 Å². The standard InChI is InChI=1S/C12H23N3O2/c1-2-8-13-11(16)9-14-12(17)15-10-6-4-3-5-7-10/h10H,2-9H2,1H3,(H,13,16)(H2,14,15,17). The lowest BCUT2D eigenvalue weighted by Crippen LogP contribution is -2.46. The molecule has 0 aromatic rings. The zero-order chi connectivity index (χ0) is 12.5. The van der Waals surface area contributed by atoms with Crippen molar-refractivity contribution in [3.05, 3.63) is 0 Å². The first kappa shape index (κ1) is 13.8. The zero-order valence-corrected chi connectivity index (χ0v) is 10.6. The number of rotatable bonds is 5. The Morgan fingerprint density at radius 3 is 2.47 bits per heavy atom.